The van der Waals surface area contributed by atoms with E-state index in [0.717, 1.165) is 12.3 Å². The number of pyridine rings is 1. The number of benzene rings is 1. The summed E-state index contributed by atoms with van der Waals surface area (Å²) in [7, 11) is 0. The van der Waals surface area contributed by atoms with Gasteiger partial charge in [-0.3, -0.25) is 9.69 Å². The Morgan fingerprint density at radius 1 is 1.29 bits per heavy atom. The molecule has 0 unspecified atom stereocenters. The molecule has 2 aromatic rings. The summed E-state index contributed by atoms with van der Waals surface area (Å²) in [6, 6.07) is 7.89. The molecule has 3 rings (SSSR count). The highest BCUT2D eigenvalue weighted by Crippen LogP contribution is 2.33. The third-order valence-corrected chi connectivity index (χ3v) is 5.05. The van der Waals surface area contributed by atoms with Crippen LogP contribution >= 0.6 is 11.6 Å². The molecule has 1 aliphatic heterocycles. The fraction of sp³-hybridized carbons (Fsp3) is 0.368. The fourth-order valence-corrected chi connectivity index (χ4v) is 3.52. The van der Waals surface area contributed by atoms with Crippen LogP contribution in [0.25, 0.3) is 0 Å². The predicted octanol–water partition coefficient (Wildman–Crippen LogP) is 3.52. The molecule has 1 aromatic heterocycles. The Labute approximate surface area is 165 Å². The number of rotatable bonds is 4. The zero-order valence-corrected chi connectivity index (χ0v) is 15.6. The Morgan fingerprint density at radius 3 is 2.61 bits per heavy atom. The van der Waals surface area contributed by atoms with Gasteiger partial charge in [0, 0.05) is 11.6 Å². The monoisotopic (exact) mass is 414 g/mol. The summed E-state index contributed by atoms with van der Waals surface area (Å²) in [4.78, 5) is 17.0. The van der Waals surface area contributed by atoms with Crippen LogP contribution in [0.1, 0.15) is 24.0 Å². The summed E-state index contributed by atoms with van der Waals surface area (Å²) >= 11 is 6.03. The maximum absolute atomic E-state index is 12.8. The minimum absolute atomic E-state index is 0.00135. The molecule has 28 heavy (non-hydrogen) atoms. The molecule has 9 heteroatoms. The number of carbonyl (C=O) groups is 1. The zero-order chi connectivity index (χ0) is 20.3. The number of carbonyl (C=O) groups excluding carboxylic acids is 1. The average Bonchev–Trinajstić information content (AvgIpc) is 2.67. The molecule has 2 heterocycles. The summed E-state index contributed by atoms with van der Waals surface area (Å²) in [6.45, 7) is 0.888. The van der Waals surface area contributed by atoms with E-state index in [1.807, 2.05) is 4.90 Å². The van der Waals surface area contributed by atoms with Crippen LogP contribution in [0.4, 0.5) is 24.7 Å². The molecule has 0 atom stereocenters. The van der Waals surface area contributed by atoms with Crippen LogP contribution in [0.5, 0.6) is 0 Å². The summed E-state index contributed by atoms with van der Waals surface area (Å²) < 4.78 is 38.3. The standard InChI is InChI=1S/C19H19ClF3N3O2/c20-16-9-14(19(21,22)23)10-24-17(16)26-6-4-13(5-7-26)18(28)25-15-3-1-2-12(8-15)11-27/h1-3,8-10,13,27H,4-7,11H2,(H,25,28)/p+1. The first-order valence-electron chi connectivity index (χ1n) is 8.82. The van der Waals surface area contributed by atoms with E-state index in [4.69, 9.17) is 11.6 Å². The Kier molecular flexibility index (Phi) is 6.10. The van der Waals surface area contributed by atoms with Crippen LogP contribution < -0.4 is 15.2 Å². The lowest BCUT2D eigenvalue weighted by atomic mass is 9.95. The average molecular weight is 415 g/mol. The van der Waals surface area contributed by atoms with Crippen molar-refractivity contribution in [1.82, 2.24) is 0 Å². The van der Waals surface area contributed by atoms with Crippen molar-refractivity contribution in [3.63, 3.8) is 0 Å². The molecule has 3 N–H and O–H groups in total. The Bertz CT molecular complexity index is 853. The molecule has 0 aliphatic carbocycles. The second kappa shape index (κ2) is 8.36. The molecular weight excluding hydrogens is 395 g/mol. The quantitative estimate of drug-likeness (QED) is 0.804. The van der Waals surface area contributed by atoms with E-state index >= 15 is 0 Å². The number of hydrogen-bond donors (Lipinski definition) is 2. The molecule has 1 saturated heterocycles. The number of aromatic amines is 1. The maximum Gasteiger partial charge on any atom is 0.419 e. The topological polar surface area (TPSA) is 66.7 Å². The van der Waals surface area contributed by atoms with Crippen LogP contribution in [-0.2, 0) is 17.6 Å². The molecule has 1 aromatic carbocycles. The molecule has 1 aliphatic rings. The van der Waals surface area contributed by atoms with Gasteiger partial charge >= 0.3 is 6.18 Å². The molecule has 5 nitrogen and oxygen atoms in total. The second-order valence-corrected chi connectivity index (χ2v) is 7.10. The van der Waals surface area contributed by atoms with Crippen LogP contribution in [-0.4, -0.2) is 24.1 Å². The molecule has 150 valence electrons. The van der Waals surface area contributed by atoms with E-state index in [2.05, 4.69) is 10.3 Å². The van der Waals surface area contributed by atoms with E-state index in [1.165, 1.54) is 0 Å². The molecule has 0 radical (unpaired) electrons. The smallest absolute Gasteiger partial charge is 0.392 e. The molecule has 0 saturated carbocycles. The van der Waals surface area contributed by atoms with Gasteiger partial charge in [-0.2, -0.15) is 13.2 Å². The lowest BCUT2D eigenvalue weighted by molar-refractivity contribution is -0.367. The summed E-state index contributed by atoms with van der Waals surface area (Å²) in [5, 5.41) is 12.0. The molecule has 0 bridgehead atoms. The first-order valence-corrected chi connectivity index (χ1v) is 9.20. The van der Waals surface area contributed by atoms with Crippen LogP contribution in [0.3, 0.4) is 0 Å². The Balaban J connectivity index is 1.60. The molecule has 1 fully saturated rings. The second-order valence-electron chi connectivity index (χ2n) is 6.69. The van der Waals surface area contributed by atoms with Crippen molar-refractivity contribution in [1.29, 1.82) is 0 Å². The number of aliphatic hydroxyl groups excluding tert-OH is 1. The number of amides is 1. The van der Waals surface area contributed by atoms with Crippen LogP contribution in [0, 0.1) is 5.92 Å². The third-order valence-electron chi connectivity index (χ3n) is 4.76. The summed E-state index contributed by atoms with van der Waals surface area (Å²) in [5.74, 6) is 0.101. The predicted molar refractivity (Wildman–Crippen MR) is 98.9 cm³/mol. The third kappa shape index (κ3) is 4.74. The summed E-state index contributed by atoms with van der Waals surface area (Å²) in [6.07, 6.45) is -2.46. The number of aliphatic hydroxyl groups is 1. The van der Waals surface area contributed by atoms with E-state index < -0.39 is 11.7 Å². The van der Waals surface area contributed by atoms with Crippen molar-refractivity contribution in [2.75, 3.05) is 23.3 Å². The number of nitrogens with zero attached hydrogens (tertiary/aromatic N) is 1. The van der Waals surface area contributed by atoms with E-state index in [1.54, 1.807) is 24.3 Å². The normalized spacial score (nSPS) is 15.5. The van der Waals surface area contributed by atoms with Gasteiger partial charge in [-0.1, -0.05) is 23.7 Å². The van der Waals surface area contributed by atoms with Crippen LogP contribution in [0.2, 0.25) is 5.02 Å². The molecule has 0 spiro atoms. The van der Waals surface area contributed by atoms with Gasteiger partial charge in [-0.15, -0.1) is 0 Å². The van der Waals surface area contributed by atoms with Crippen molar-refractivity contribution in [3.8, 4) is 0 Å². The first-order chi connectivity index (χ1) is 13.3. The number of hydrogen-bond acceptors (Lipinski definition) is 3. The minimum atomic E-state index is -4.46. The van der Waals surface area contributed by atoms with E-state index in [0.29, 0.717) is 43.0 Å². The van der Waals surface area contributed by atoms with Gasteiger partial charge in [0.1, 0.15) is 11.2 Å². The van der Waals surface area contributed by atoms with Crippen molar-refractivity contribution in [2.45, 2.75) is 25.6 Å². The zero-order valence-electron chi connectivity index (χ0n) is 14.9. The van der Waals surface area contributed by atoms with Gasteiger partial charge in [0.2, 0.25) is 5.91 Å². The van der Waals surface area contributed by atoms with Crippen molar-refractivity contribution >= 4 is 29.0 Å². The number of alkyl halides is 3. The Hall–Kier alpha value is -2.32. The highest BCUT2D eigenvalue weighted by atomic mass is 35.5. The number of anilines is 2. The Morgan fingerprint density at radius 2 is 2.00 bits per heavy atom. The lowest BCUT2D eigenvalue weighted by Gasteiger charge is -2.27. The highest BCUT2D eigenvalue weighted by molar-refractivity contribution is 6.32. The van der Waals surface area contributed by atoms with Crippen molar-refractivity contribution in [3.05, 3.63) is 52.7 Å². The number of halogens is 4. The maximum atomic E-state index is 12.8. The number of nitrogens with one attached hydrogen (secondary N) is 2. The van der Waals surface area contributed by atoms with Gasteiger partial charge in [0.15, 0.2) is 0 Å². The SMILES string of the molecule is O=C(Nc1cccc(CO)c1)C1CCN(c2[nH+]cc(C(F)(F)F)cc2Cl)CC1. The fourth-order valence-electron chi connectivity index (χ4n) is 3.22. The lowest BCUT2D eigenvalue weighted by Crippen LogP contribution is -2.40. The van der Waals surface area contributed by atoms with Gasteiger partial charge in [0.25, 0.3) is 5.82 Å². The molecule has 1 amide bonds. The van der Waals surface area contributed by atoms with Gasteiger partial charge < -0.3 is 10.4 Å². The largest absolute Gasteiger partial charge is 0.419 e. The summed E-state index contributed by atoms with van der Waals surface area (Å²) in [5.41, 5.74) is 0.499. The molecular formula is C19H20ClF3N3O2+. The van der Waals surface area contributed by atoms with E-state index in [-0.39, 0.29) is 23.5 Å². The highest BCUT2D eigenvalue weighted by Gasteiger charge is 2.35. The first kappa shape index (κ1) is 20.4. The van der Waals surface area contributed by atoms with E-state index in [9.17, 15) is 23.1 Å². The van der Waals surface area contributed by atoms with Gasteiger partial charge in [-0.05, 0) is 36.6 Å². The minimum Gasteiger partial charge on any atom is -0.392 e. The number of H-pyrrole nitrogens is 1. The van der Waals surface area contributed by atoms with Crippen LogP contribution in [0.15, 0.2) is 36.5 Å². The number of aromatic nitrogens is 1. The van der Waals surface area contributed by atoms with Crippen molar-refractivity contribution in [2.24, 2.45) is 5.92 Å². The van der Waals surface area contributed by atoms with Gasteiger partial charge in [-0.25, -0.2) is 4.98 Å². The number of piperidine rings is 1. The van der Waals surface area contributed by atoms with Gasteiger partial charge in [0.05, 0.1) is 25.3 Å². The van der Waals surface area contributed by atoms with Crippen molar-refractivity contribution < 1.29 is 28.1 Å².